The third-order valence-corrected chi connectivity index (χ3v) is 3.58. The molecule has 0 aromatic rings. The van der Waals surface area contributed by atoms with Gasteiger partial charge < -0.3 is 4.74 Å². The third kappa shape index (κ3) is 4.47. The smallest absolute Gasteiger partial charge is 0.422 e. The van der Waals surface area contributed by atoms with Crippen LogP contribution in [0.15, 0.2) is 0 Å². The van der Waals surface area contributed by atoms with Gasteiger partial charge in [-0.3, -0.25) is 4.79 Å². The fourth-order valence-electron chi connectivity index (χ4n) is 2.03. The molecule has 11 heteroatoms. The molecule has 0 aliphatic carbocycles. The van der Waals surface area contributed by atoms with Crippen LogP contribution < -0.4 is 0 Å². The van der Waals surface area contributed by atoms with Crippen molar-refractivity contribution < 1.29 is 49.0 Å². The van der Waals surface area contributed by atoms with E-state index in [4.69, 9.17) is 0 Å². The number of carbonyl (C=O) groups is 1. The standard InChI is InChI=1S/C13H17F9O2/c1-3-5-6-8(4-2)7-24-9(23)10(11(14,15)16,12(17,18)19)13(20,21)22/h8H,3-7H2,1-2H3. The molecule has 24 heavy (non-hydrogen) atoms. The fourth-order valence-corrected chi connectivity index (χ4v) is 2.03. The van der Waals surface area contributed by atoms with E-state index >= 15 is 0 Å². The van der Waals surface area contributed by atoms with Crippen molar-refractivity contribution in [1.29, 1.82) is 0 Å². The van der Waals surface area contributed by atoms with Crippen LogP contribution in [0.5, 0.6) is 0 Å². The number of hydrogen-bond acceptors (Lipinski definition) is 2. The van der Waals surface area contributed by atoms with Crippen molar-refractivity contribution in [3.63, 3.8) is 0 Å². The van der Waals surface area contributed by atoms with E-state index in [2.05, 4.69) is 4.74 Å². The number of ether oxygens (including phenoxy) is 1. The van der Waals surface area contributed by atoms with Gasteiger partial charge in [-0.25, -0.2) is 0 Å². The fraction of sp³-hybridized carbons (Fsp3) is 0.923. The number of carbonyl (C=O) groups excluding carboxylic acids is 1. The van der Waals surface area contributed by atoms with Crippen LogP contribution in [0.2, 0.25) is 0 Å². The van der Waals surface area contributed by atoms with Gasteiger partial charge in [0.1, 0.15) is 0 Å². The first-order valence-corrected chi connectivity index (χ1v) is 7.04. The Morgan fingerprint density at radius 1 is 0.875 bits per heavy atom. The van der Waals surface area contributed by atoms with Crippen LogP contribution in [0.25, 0.3) is 0 Å². The summed E-state index contributed by atoms with van der Waals surface area (Å²) in [6.07, 6.45) is -19.1. The first-order chi connectivity index (χ1) is 10.7. The first-order valence-electron chi connectivity index (χ1n) is 7.04. The van der Waals surface area contributed by atoms with Crippen molar-refractivity contribution in [1.82, 2.24) is 0 Å². The van der Waals surface area contributed by atoms with Gasteiger partial charge in [0.15, 0.2) is 0 Å². The molecular formula is C13H17F9O2. The van der Waals surface area contributed by atoms with E-state index < -0.39 is 42.4 Å². The Balaban J connectivity index is 5.65. The van der Waals surface area contributed by atoms with Crippen LogP contribution in [-0.4, -0.2) is 31.1 Å². The Kier molecular flexibility index (Phi) is 7.44. The van der Waals surface area contributed by atoms with Gasteiger partial charge in [0.05, 0.1) is 6.61 Å². The lowest BCUT2D eigenvalue weighted by Crippen LogP contribution is -2.64. The van der Waals surface area contributed by atoms with Crippen molar-refractivity contribution in [2.45, 2.75) is 58.1 Å². The number of alkyl halides is 9. The largest absolute Gasteiger partial charge is 0.464 e. The molecule has 0 aliphatic heterocycles. The maximum atomic E-state index is 12.7. The number of hydrogen-bond donors (Lipinski definition) is 0. The summed E-state index contributed by atoms with van der Waals surface area (Å²) in [5, 5.41) is 0. The van der Waals surface area contributed by atoms with Crippen LogP contribution in [-0.2, 0) is 9.53 Å². The van der Waals surface area contributed by atoms with E-state index in [-0.39, 0.29) is 6.42 Å². The molecule has 0 saturated heterocycles. The summed E-state index contributed by atoms with van der Waals surface area (Å²) in [7, 11) is 0. The van der Waals surface area contributed by atoms with E-state index in [1.54, 1.807) is 6.92 Å². The van der Waals surface area contributed by atoms with Gasteiger partial charge in [0.25, 0.3) is 0 Å². The Morgan fingerprint density at radius 2 is 1.29 bits per heavy atom. The normalized spacial score (nSPS) is 15.3. The van der Waals surface area contributed by atoms with E-state index in [1.807, 2.05) is 0 Å². The molecule has 0 N–H and O–H groups in total. The zero-order chi connectivity index (χ0) is 19.4. The highest BCUT2D eigenvalue weighted by Gasteiger charge is 2.89. The lowest BCUT2D eigenvalue weighted by molar-refractivity contribution is -0.412. The summed E-state index contributed by atoms with van der Waals surface area (Å²) in [6.45, 7) is 2.35. The summed E-state index contributed by atoms with van der Waals surface area (Å²) in [5.74, 6) is -4.02. The molecule has 0 aliphatic rings. The molecule has 0 bridgehead atoms. The summed E-state index contributed by atoms with van der Waals surface area (Å²) in [5.41, 5.74) is -6.56. The highest BCUT2D eigenvalue weighted by Crippen LogP contribution is 2.60. The molecule has 0 radical (unpaired) electrons. The summed E-state index contributed by atoms with van der Waals surface area (Å²) < 4.78 is 118. The minimum Gasteiger partial charge on any atom is -0.464 e. The highest BCUT2D eigenvalue weighted by atomic mass is 19.4. The van der Waals surface area contributed by atoms with Gasteiger partial charge in [-0.05, 0) is 12.3 Å². The van der Waals surface area contributed by atoms with Gasteiger partial charge in [-0.15, -0.1) is 0 Å². The summed E-state index contributed by atoms with van der Waals surface area (Å²) in [4.78, 5) is 11.3. The monoisotopic (exact) mass is 376 g/mol. The van der Waals surface area contributed by atoms with E-state index in [1.165, 1.54) is 6.92 Å². The number of rotatable bonds is 7. The van der Waals surface area contributed by atoms with Crippen molar-refractivity contribution in [2.75, 3.05) is 6.61 Å². The molecule has 0 heterocycles. The average molecular weight is 376 g/mol. The molecule has 0 aromatic heterocycles. The quantitative estimate of drug-likeness (QED) is 0.438. The first kappa shape index (κ1) is 22.8. The van der Waals surface area contributed by atoms with E-state index in [9.17, 15) is 44.3 Å². The van der Waals surface area contributed by atoms with Crippen LogP contribution in [0.3, 0.4) is 0 Å². The average Bonchev–Trinajstić information content (AvgIpc) is 2.34. The molecule has 0 rings (SSSR count). The van der Waals surface area contributed by atoms with E-state index in [0.717, 1.165) is 0 Å². The molecule has 0 saturated carbocycles. The van der Waals surface area contributed by atoms with Crippen molar-refractivity contribution in [2.24, 2.45) is 11.3 Å². The summed E-state index contributed by atoms with van der Waals surface area (Å²) >= 11 is 0. The molecule has 0 aromatic carbocycles. The predicted molar refractivity (Wildman–Crippen MR) is 64.9 cm³/mol. The zero-order valence-corrected chi connectivity index (χ0v) is 12.8. The Bertz CT molecular complexity index is 373. The van der Waals surface area contributed by atoms with Crippen LogP contribution in [0.4, 0.5) is 39.5 Å². The Morgan fingerprint density at radius 3 is 1.58 bits per heavy atom. The second-order valence-corrected chi connectivity index (χ2v) is 5.26. The van der Waals surface area contributed by atoms with Gasteiger partial charge in [-0.2, -0.15) is 39.5 Å². The van der Waals surface area contributed by atoms with Gasteiger partial charge >= 0.3 is 29.9 Å². The van der Waals surface area contributed by atoms with Crippen LogP contribution in [0.1, 0.15) is 39.5 Å². The zero-order valence-electron chi connectivity index (χ0n) is 12.8. The molecule has 2 nitrogen and oxygen atoms in total. The number of unbranched alkanes of at least 4 members (excludes halogenated alkanes) is 1. The van der Waals surface area contributed by atoms with Gasteiger partial charge in [0, 0.05) is 0 Å². The van der Waals surface area contributed by atoms with Crippen LogP contribution >= 0.6 is 0 Å². The van der Waals surface area contributed by atoms with Crippen molar-refractivity contribution in [3.8, 4) is 0 Å². The maximum Gasteiger partial charge on any atom is 0.422 e. The molecular weight excluding hydrogens is 359 g/mol. The summed E-state index contributed by atoms with van der Waals surface area (Å²) in [6, 6.07) is 0. The molecule has 0 amide bonds. The molecule has 0 spiro atoms. The second-order valence-electron chi connectivity index (χ2n) is 5.26. The minimum atomic E-state index is -6.94. The number of esters is 1. The van der Waals surface area contributed by atoms with Crippen LogP contribution in [0, 0.1) is 11.3 Å². The van der Waals surface area contributed by atoms with Gasteiger partial charge in [-0.1, -0.05) is 33.1 Å². The minimum absolute atomic E-state index is 0.227. The highest BCUT2D eigenvalue weighted by molar-refractivity contribution is 5.80. The second kappa shape index (κ2) is 7.81. The maximum absolute atomic E-state index is 12.7. The Hall–Kier alpha value is -1.16. The van der Waals surface area contributed by atoms with Crippen molar-refractivity contribution in [3.05, 3.63) is 0 Å². The third-order valence-electron chi connectivity index (χ3n) is 3.58. The molecule has 0 fully saturated rings. The Labute approximate surface area is 132 Å². The molecule has 1 atom stereocenters. The lowest BCUT2D eigenvalue weighted by atomic mass is 9.85. The van der Waals surface area contributed by atoms with Crippen molar-refractivity contribution >= 4 is 5.97 Å². The number of halogens is 9. The topological polar surface area (TPSA) is 26.3 Å². The molecule has 1 unspecified atom stereocenters. The van der Waals surface area contributed by atoms with Gasteiger partial charge in [0.2, 0.25) is 0 Å². The molecule has 144 valence electrons. The SMILES string of the molecule is CCCCC(CC)COC(=O)C(C(F)(F)F)(C(F)(F)F)C(F)(F)F. The lowest BCUT2D eigenvalue weighted by Gasteiger charge is -2.36. The predicted octanol–water partition coefficient (Wildman–Crippen LogP) is 5.42. The van der Waals surface area contributed by atoms with E-state index in [0.29, 0.717) is 19.3 Å².